The Labute approximate surface area is 108 Å². The van der Waals surface area contributed by atoms with E-state index in [1.807, 2.05) is 44.7 Å². The number of nitrogens with zero attached hydrogens (tertiary/aromatic N) is 2. The minimum absolute atomic E-state index is 0.863. The third kappa shape index (κ3) is 2.38. The lowest BCUT2D eigenvalue weighted by Gasteiger charge is -2.09. The van der Waals surface area contributed by atoms with Gasteiger partial charge in [0.1, 0.15) is 5.75 Å². The molecule has 1 heterocycles. The molecular weight excluding hydrogens is 226 g/mol. The van der Waals surface area contributed by atoms with Crippen molar-refractivity contribution in [3.63, 3.8) is 0 Å². The highest BCUT2D eigenvalue weighted by molar-refractivity contribution is 5.69. The first-order chi connectivity index (χ1) is 8.77. The number of hydrogen-bond donors (Lipinski definition) is 1. The predicted octanol–water partition coefficient (Wildman–Crippen LogP) is 1.86. The number of ether oxygens (including phenoxy) is 1. The Morgan fingerprint density at radius 3 is 2.83 bits per heavy atom. The number of imidazole rings is 1. The van der Waals surface area contributed by atoms with Crippen molar-refractivity contribution in [3.8, 4) is 17.0 Å². The predicted molar refractivity (Wildman–Crippen MR) is 72.8 cm³/mol. The number of likely N-dealkylation sites (N-methyl/N-ethyl adjacent to an activating group) is 1. The molecule has 0 aliphatic heterocycles. The van der Waals surface area contributed by atoms with Gasteiger partial charge in [0, 0.05) is 31.3 Å². The Morgan fingerprint density at radius 2 is 2.11 bits per heavy atom. The molecule has 1 N–H and O–H groups in total. The van der Waals surface area contributed by atoms with Crippen LogP contribution in [-0.4, -0.2) is 30.3 Å². The van der Waals surface area contributed by atoms with Crippen molar-refractivity contribution in [2.75, 3.05) is 20.7 Å². The monoisotopic (exact) mass is 245 g/mol. The van der Waals surface area contributed by atoms with Gasteiger partial charge in [-0.25, -0.2) is 4.98 Å². The maximum absolute atomic E-state index is 5.40. The fourth-order valence-corrected chi connectivity index (χ4v) is 2.06. The maximum Gasteiger partial charge on any atom is 0.128 e. The van der Waals surface area contributed by atoms with E-state index in [9.17, 15) is 0 Å². The van der Waals surface area contributed by atoms with Gasteiger partial charge >= 0.3 is 0 Å². The van der Waals surface area contributed by atoms with Gasteiger partial charge in [0.25, 0.3) is 0 Å². The van der Waals surface area contributed by atoms with Crippen LogP contribution in [0.1, 0.15) is 5.69 Å². The first-order valence-corrected chi connectivity index (χ1v) is 6.06. The highest BCUT2D eigenvalue weighted by atomic mass is 16.5. The van der Waals surface area contributed by atoms with E-state index in [4.69, 9.17) is 4.74 Å². The van der Waals surface area contributed by atoms with Crippen LogP contribution in [0.4, 0.5) is 0 Å². The zero-order chi connectivity index (χ0) is 13.0. The summed E-state index contributed by atoms with van der Waals surface area (Å²) in [6, 6.07) is 7.99. The number of aromatic nitrogens is 2. The summed E-state index contributed by atoms with van der Waals surface area (Å²) in [7, 11) is 5.67. The molecule has 0 bridgehead atoms. The van der Waals surface area contributed by atoms with Crippen molar-refractivity contribution in [1.82, 2.24) is 14.9 Å². The van der Waals surface area contributed by atoms with Crippen LogP contribution in [0.2, 0.25) is 0 Å². The van der Waals surface area contributed by atoms with Gasteiger partial charge in [0.2, 0.25) is 0 Å². The minimum Gasteiger partial charge on any atom is -0.496 e. The molecule has 0 saturated heterocycles. The number of rotatable bonds is 5. The average molecular weight is 245 g/mol. The Bertz CT molecular complexity index is 520. The Kier molecular flexibility index (Phi) is 3.99. The highest BCUT2D eigenvalue weighted by Gasteiger charge is 2.14. The first-order valence-electron chi connectivity index (χ1n) is 6.06. The smallest absolute Gasteiger partial charge is 0.128 e. The molecule has 18 heavy (non-hydrogen) atoms. The van der Waals surface area contributed by atoms with E-state index in [-0.39, 0.29) is 0 Å². The van der Waals surface area contributed by atoms with Gasteiger partial charge in [-0.3, -0.25) is 0 Å². The number of nitrogens with one attached hydrogen (secondary N) is 1. The van der Waals surface area contributed by atoms with E-state index in [1.54, 1.807) is 7.11 Å². The zero-order valence-electron chi connectivity index (χ0n) is 11.1. The van der Waals surface area contributed by atoms with E-state index >= 15 is 0 Å². The van der Waals surface area contributed by atoms with Crippen LogP contribution in [0.5, 0.6) is 5.75 Å². The molecule has 4 heteroatoms. The summed E-state index contributed by atoms with van der Waals surface area (Å²) in [5.41, 5.74) is 3.27. The molecule has 0 amide bonds. The second kappa shape index (κ2) is 5.69. The van der Waals surface area contributed by atoms with E-state index in [2.05, 4.69) is 14.9 Å². The molecule has 0 spiro atoms. The van der Waals surface area contributed by atoms with Crippen molar-refractivity contribution < 1.29 is 4.74 Å². The van der Waals surface area contributed by atoms with Crippen molar-refractivity contribution in [2.24, 2.45) is 7.05 Å². The number of para-hydroxylation sites is 1. The molecule has 4 nitrogen and oxygen atoms in total. The largest absolute Gasteiger partial charge is 0.496 e. The lowest BCUT2D eigenvalue weighted by Crippen LogP contribution is -2.12. The molecule has 0 atom stereocenters. The molecule has 1 aromatic carbocycles. The number of methoxy groups -OCH3 is 1. The first kappa shape index (κ1) is 12.6. The molecule has 2 rings (SSSR count). The SMILES string of the molecule is CNCCc1c(-c2ccccc2OC)ncn1C. The van der Waals surface area contributed by atoms with E-state index in [1.165, 1.54) is 5.69 Å². The summed E-state index contributed by atoms with van der Waals surface area (Å²) in [5.74, 6) is 0.863. The molecule has 0 saturated carbocycles. The summed E-state index contributed by atoms with van der Waals surface area (Å²) in [5, 5.41) is 3.17. The maximum atomic E-state index is 5.40. The van der Waals surface area contributed by atoms with Crippen LogP contribution in [0, 0.1) is 0 Å². The Balaban J connectivity index is 2.43. The molecular formula is C14H19N3O. The topological polar surface area (TPSA) is 39.1 Å². The third-order valence-corrected chi connectivity index (χ3v) is 3.03. The standard InChI is InChI=1S/C14H19N3O/c1-15-9-8-12-14(16-10-17(12)2)11-6-4-5-7-13(11)18-3/h4-7,10,15H,8-9H2,1-3H3. The quantitative estimate of drug-likeness (QED) is 0.874. The van der Waals surface area contributed by atoms with Gasteiger partial charge in [-0.1, -0.05) is 12.1 Å². The van der Waals surface area contributed by atoms with Crippen molar-refractivity contribution in [3.05, 3.63) is 36.3 Å². The molecule has 2 aromatic rings. The van der Waals surface area contributed by atoms with Gasteiger partial charge < -0.3 is 14.6 Å². The Morgan fingerprint density at radius 1 is 1.33 bits per heavy atom. The summed E-state index contributed by atoms with van der Waals surface area (Å²) in [4.78, 5) is 4.50. The second-order valence-electron chi connectivity index (χ2n) is 4.20. The van der Waals surface area contributed by atoms with E-state index < -0.39 is 0 Å². The number of aryl methyl sites for hydroxylation is 1. The molecule has 0 unspecified atom stereocenters. The minimum atomic E-state index is 0.863. The zero-order valence-corrected chi connectivity index (χ0v) is 11.1. The van der Waals surface area contributed by atoms with Crippen LogP contribution in [-0.2, 0) is 13.5 Å². The number of benzene rings is 1. The van der Waals surface area contributed by atoms with Crippen LogP contribution in [0.15, 0.2) is 30.6 Å². The summed E-state index contributed by atoms with van der Waals surface area (Å²) >= 11 is 0. The summed E-state index contributed by atoms with van der Waals surface area (Å²) in [6.45, 7) is 0.932. The van der Waals surface area contributed by atoms with Crippen LogP contribution in [0.3, 0.4) is 0 Å². The van der Waals surface area contributed by atoms with Gasteiger partial charge in [-0.05, 0) is 19.2 Å². The van der Waals surface area contributed by atoms with Gasteiger partial charge in [-0.2, -0.15) is 0 Å². The van der Waals surface area contributed by atoms with Gasteiger partial charge in [0.05, 0.1) is 19.1 Å². The third-order valence-electron chi connectivity index (χ3n) is 3.03. The second-order valence-corrected chi connectivity index (χ2v) is 4.20. The lowest BCUT2D eigenvalue weighted by atomic mass is 10.1. The molecule has 0 fully saturated rings. The summed E-state index contributed by atoms with van der Waals surface area (Å²) < 4.78 is 7.47. The molecule has 96 valence electrons. The molecule has 1 aromatic heterocycles. The van der Waals surface area contributed by atoms with Crippen LogP contribution in [0.25, 0.3) is 11.3 Å². The van der Waals surface area contributed by atoms with Crippen LogP contribution < -0.4 is 10.1 Å². The fraction of sp³-hybridized carbons (Fsp3) is 0.357. The van der Waals surface area contributed by atoms with Gasteiger partial charge in [-0.15, -0.1) is 0 Å². The van der Waals surface area contributed by atoms with Crippen molar-refractivity contribution in [1.29, 1.82) is 0 Å². The fourth-order valence-electron chi connectivity index (χ4n) is 2.06. The summed E-state index contributed by atoms with van der Waals surface area (Å²) in [6.07, 6.45) is 2.80. The normalized spacial score (nSPS) is 10.6. The van der Waals surface area contributed by atoms with E-state index in [0.717, 1.165) is 30.0 Å². The van der Waals surface area contributed by atoms with Crippen LogP contribution >= 0.6 is 0 Å². The molecule has 0 aliphatic carbocycles. The van der Waals surface area contributed by atoms with Crippen molar-refractivity contribution >= 4 is 0 Å². The Hall–Kier alpha value is -1.81. The lowest BCUT2D eigenvalue weighted by molar-refractivity contribution is 0.416. The molecule has 0 aliphatic rings. The van der Waals surface area contributed by atoms with Crippen molar-refractivity contribution in [2.45, 2.75) is 6.42 Å². The van der Waals surface area contributed by atoms with Gasteiger partial charge in [0.15, 0.2) is 0 Å². The van der Waals surface area contributed by atoms with E-state index in [0.29, 0.717) is 0 Å². The molecule has 0 radical (unpaired) electrons. The highest BCUT2D eigenvalue weighted by Crippen LogP contribution is 2.30. The average Bonchev–Trinajstić information content (AvgIpc) is 2.77. The number of hydrogen-bond acceptors (Lipinski definition) is 3.